The van der Waals surface area contributed by atoms with Crippen LogP contribution < -0.4 is 5.73 Å². The van der Waals surface area contributed by atoms with Crippen LogP contribution in [0.5, 0.6) is 0 Å². The van der Waals surface area contributed by atoms with Crippen molar-refractivity contribution in [1.29, 1.82) is 0 Å². The average molecular weight is 243 g/mol. The fourth-order valence-corrected chi connectivity index (χ4v) is 2.03. The first kappa shape index (κ1) is 14.3. The van der Waals surface area contributed by atoms with Gasteiger partial charge in [-0.05, 0) is 25.8 Å². The molecule has 100 valence electrons. The molecule has 0 aromatic heterocycles. The average Bonchev–Trinajstić information content (AvgIpc) is 2.56. The van der Waals surface area contributed by atoms with Crippen LogP contribution in [0.2, 0.25) is 0 Å². The molecule has 17 heavy (non-hydrogen) atoms. The van der Waals surface area contributed by atoms with Gasteiger partial charge in [-0.15, -0.1) is 0 Å². The first-order valence-electron chi connectivity index (χ1n) is 6.34. The van der Waals surface area contributed by atoms with Gasteiger partial charge in [-0.25, -0.2) is 0 Å². The Bertz CT molecular complexity index is 246. The Morgan fingerprint density at radius 2 is 2.18 bits per heavy atom. The molecule has 1 rings (SSSR count). The van der Waals surface area contributed by atoms with Gasteiger partial charge in [0.1, 0.15) is 5.84 Å². The number of hydrogen-bond acceptors (Lipinski definition) is 4. The highest BCUT2D eigenvalue weighted by Crippen LogP contribution is 2.22. The van der Waals surface area contributed by atoms with E-state index in [4.69, 9.17) is 15.7 Å². The zero-order valence-corrected chi connectivity index (χ0v) is 11.0. The van der Waals surface area contributed by atoms with E-state index in [1.54, 1.807) is 0 Å². The normalized spacial score (nSPS) is 20.2. The number of rotatable bonds is 5. The highest BCUT2D eigenvalue weighted by molar-refractivity contribution is 5.85. The van der Waals surface area contributed by atoms with E-state index >= 15 is 0 Å². The van der Waals surface area contributed by atoms with E-state index < -0.39 is 0 Å². The number of nitrogens with zero attached hydrogens (tertiary/aromatic N) is 2. The van der Waals surface area contributed by atoms with E-state index in [-0.39, 0.29) is 5.41 Å². The molecule has 1 fully saturated rings. The van der Waals surface area contributed by atoms with E-state index in [0.717, 1.165) is 52.1 Å². The molecule has 0 aromatic rings. The van der Waals surface area contributed by atoms with Gasteiger partial charge in [0.25, 0.3) is 0 Å². The third kappa shape index (κ3) is 4.91. The second-order valence-electron chi connectivity index (χ2n) is 5.28. The van der Waals surface area contributed by atoms with Crippen molar-refractivity contribution in [3.05, 3.63) is 0 Å². The van der Waals surface area contributed by atoms with E-state index in [1.807, 2.05) is 13.8 Å². The third-order valence-electron chi connectivity index (χ3n) is 3.39. The van der Waals surface area contributed by atoms with Crippen LogP contribution in [-0.2, 0) is 4.74 Å². The van der Waals surface area contributed by atoms with Crippen LogP contribution in [0.3, 0.4) is 0 Å². The van der Waals surface area contributed by atoms with Crippen molar-refractivity contribution in [1.82, 2.24) is 4.90 Å². The lowest BCUT2D eigenvalue weighted by atomic mass is 9.86. The molecule has 0 unspecified atom stereocenters. The first-order chi connectivity index (χ1) is 8.06. The minimum absolute atomic E-state index is 0.225. The number of amidine groups is 1. The molecular formula is C12H25N3O2. The van der Waals surface area contributed by atoms with E-state index in [9.17, 15) is 0 Å². The van der Waals surface area contributed by atoms with Crippen LogP contribution >= 0.6 is 0 Å². The van der Waals surface area contributed by atoms with Crippen LogP contribution in [0.15, 0.2) is 5.16 Å². The first-order valence-corrected chi connectivity index (χ1v) is 6.34. The number of nitrogens with two attached hydrogens (primary N) is 1. The van der Waals surface area contributed by atoms with Gasteiger partial charge >= 0.3 is 0 Å². The molecule has 3 N–H and O–H groups in total. The van der Waals surface area contributed by atoms with Gasteiger partial charge in [-0.1, -0.05) is 19.0 Å². The fourth-order valence-electron chi connectivity index (χ4n) is 2.03. The molecule has 0 aromatic carbocycles. The molecule has 0 radical (unpaired) electrons. The molecule has 0 saturated carbocycles. The Balaban J connectivity index is 2.26. The van der Waals surface area contributed by atoms with Crippen LogP contribution in [0.1, 0.15) is 33.1 Å². The Kier molecular flexibility index (Phi) is 5.71. The van der Waals surface area contributed by atoms with Gasteiger partial charge in [-0.3, -0.25) is 0 Å². The highest BCUT2D eigenvalue weighted by atomic mass is 16.5. The summed E-state index contributed by atoms with van der Waals surface area (Å²) in [6.45, 7) is 8.93. The highest BCUT2D eigenvalue weighted by Gasteiger charge is 2.23. The summed E-state index contributed by atoms with van der Waals surface area (Å²) >= 11 is 0. The zero-order chi connectivity index (χ0) is 12.7. The molecule has 5 nitrogen and oxygen atoms in total. The lowest BCUT2D eigenvalue weighted by molar-refractivity contribution is 0.140. The summed E-state index contributed by atoms with van der Waals surface area (Å²) in [5.41, 5.74) is 5.44. The van der Waals surface area contributed by atoms with E-state index in [1.165, 1.54) is 0 Å². The Morgan fingerprint density at radius 1 is 1.41 bits per heavy atom. The van der Waals surface area contributed by atoms with Crippen molar-refractivity contribution in [2.24, 2.45) is 16.3 Å². The van der Waals surface area contributed by atoms with Crippen molar-refractivity contribution >= 4 is 5.84 Å². The molecule has 0 amide bonds. The molecule has 0 bridgehead atoms. The molecule has 0 atom stereocenters. The van der Waals surface area contributed by atoms with Crippen molar-refractivity contribution < 1.29 is 9.94 Å². The second-order valence-corrected chi connectivity index (χ2v) is 5.28. The molecule has 1 heterocycles. The predicted molar refractivity (Wildman–Crippen MR) is 68.3 cm³/mol. The molecule has 1 aliphatic rings. The smallest absolute Gasteiger partial charge is 0.144 e. The van der Waals surface area contributed by atoms with Crippen LogP contribution in [0.4, 0.5) is 0 Å². The van der Waals surface area contributed by atoms with E-state index in [2.05, 4.69) is 10.1 Å². The summed E-state index contributed by atoms with van der Waals surface area (Å²) in [6.07, 6.45) is 3.10. The van der Waals surface area contributed by atoms with Gasteiger partial charge in [-0.2, -0.15) is 0 Å². The van der Waals surface area contributed by atoms with Crippen LogP contribution in [0.25, 0.3) is 0 Å². The van der Waals surface area contributed by atoms with Crippen molar-refractivity contribution in [3.8, 4) is 0 Å². The Morgan fingerprint density at radius 3 is 2.88 bits per heavy atom. The number of oxime groups is 1. The topological polar surface area (TPSA) is 71.1 Å². The van der Waals surface area contributed by atoms with E-state index in [0.29, 0.717) is 5.84 Å². The Hall–Kier alpha value is -0.810. The maximum atomic E-state index is 8.69. The quantitative estimate of drug-likeness (QED) is 0.330. The minimum Gasteiger partial charge on any atom is -0.409 e. The molecule has 1 saturated heterocycles. The Labute approximate surface area is 104 Å². The summed E-state index contributed by atoms with van der Waals surface area (Å²) < 4.78 is 5.41. The SMILES string of the molecule is CC(C)(CCCN1CCCOCC1)C(N)=NO. The summed E-state index contributed by atoms with van der Waals surface area (Å²) in [7, 11) is 0. The minimum atomic E-state index is -0.225. The molecule has 0 aliphatic carbocycles. The van der Waals surface area contributed by atoms with Gasteiger partial charge in [0.15, 0.2) is 0 Å². The molecule has 0 spiro atoms. The summed E-state index contributed by atoms with van der Waals surface area (Å²) in [6, 6.07) is 0. The van der Waals surface area contributed by atoms with Crippen LogP contribution in [-0.4, -0.2) is 48.8 Å². The lowest BCUT2D eigenvalue weighted by Crippen LogP contribution is -2.34. The van der Waals surface area contributed by atoms with Gasteiger partial charge < -0.3 is 20.6 Å². The summed E-state index contributed by atoms with van der Waals surface area (Å²) in [5.74, 6) is 0.316. The summed E-state index contributed by atoms with van der Waals surface area (Å²) in [5, 5.41) is 11.8. The van der Waals surface area contributed by atoms with Crippen LogP contribution in [0, 0.1) is 5.41 Å². The molecule has 1 aliphatic heterocycles. The number of hydrogen-bond donors (Lipinski definition) is 2. The number of ether oxygens (including phenoxy) is 1. The monoisotopic (exact) mass is 243 g/mol. The largest absolute Gasteiger partial charge is 0.409 e. The van der Waals surface area contributed by atoms with Crippen molar-refractivity contribution in [2.45, 2.75) is 33.1 Å². The van der Waals surface area contributed by atoms with Gasteiger partial charge in [0.2, 0.25) is 0 Å². The van der Waals surface area contributed by atoms with Gasteiger partial charge in [0, 0.05) is 25.1 Å². The van der Waals surface area contributed by atoms with Crippen molar-refractivity contribution in [2.75, 3.05) is 32.8 Å². The predicted octanol–water partition coefficient (Wildman–Crippen LogP) is 1.26. The maximum absolute atomic E-state index is 8.69. The third-order valence-corrected chi connectivity index (χ3v) is 3.39. The lowest BCUT2D eigenvalue weighted by Gasteiger charge is -2.25. The van der Waals surface area contributed by atoms with Gasteiger partial charge in [0.05, 0.1) is 6.61 Å². The zero-order valence-electron chi connectivity index (χ0n) is 11.0. The summed E-state index contributed by atoms with van der Waals surface area (Å²) in [4.78, 5) is 2.43. The maximum Gasteiger partial charge on any atom is 0.144 e. The molecule has 5 heteroatoms. The molecular weight excluding hydrogens is 218 g/mol. The standard InChI is InChI=1S/C12H25N3O2/c1-12(2,11(13)14-16)5-3-6-15-7-4-9-17-10-8-15/h16H,3-10H2,1-2H3,(H2,13,14). The second kappa shape index (κ2) is 6.81. The van der Waals surface area contributed by atoms with Crippen molar-refractivity contribution in [3.63, 3.8) is 0 Å². The fraction of sp³-hybridized carbons (Fsp3) is 0.917.